The molecule has 0 amide bonds. The quantitative estimate of drug-likeness (QED) is 0.786. The maximum Gasteiger partial charge on any atom is 0.281 e. The maximum atomic E-state index is 11.9. The fourth-order valence-electron chi connectivity index (χ4n) is 1.50. The minimum absolute atomic E-state index is 0.00713. The predicted molar refractivity (Wildman–Crippen MR) is 68.0 cm³/mol. The molecular weight excluding hydrogens is 283 g/mol. The van der Waals surface area contributed by atoms with Gasteiger partial charge < -0.3 is 10.1 Å². The second-order valence-corrected chi connectivity index (χ2v) is 4.23. The van der Waals surface area contributed by atoms with E-state index >= 15 is 0 Å². The number of nitroso groups, excluding NO2 is 1. The van der Waals surface area contributed by atoms with Crippen LogP contribution >= 0.6 is 23.2 Å². The van der Waals surface area contributed by atoms with Gasteiger partial charge in [-0.25, -0.2) is 0 Å². The third-order valence-electron chi connectivity index (χ3n) is 2.28. The van der Waals surface area contributed by atoms with Crippen LogP contribution < -0.4 is 11.0 Å². The molecule has 0 aliphatic rings. The van der Waals surface area contributed by atoms with Gasteiger partial charge in [0, 0.05) is 5.02 Å². The van der Waals surface area contributed by atoms with E-state index in [0.29, 0.717) is 0 Å². The first-order valence-corrected chi connectivity index (χ1v) is 5.33. The Morgan fingerprint density at radius 2 is 1.89 bits per heavy atom. The van der Waals surface area contributed by atoms with E-state index in [1.165, 1.54) is 12.1 Å². The summed E-state index contributed by atoms with van der Waals surface area (Å²) in [4.78, 5) is 36.1. The molecule has 2 aromatic rings. The van der Waals surface area contributed by atoms with Gasteiger partial charge in [0.05, 0.1) is 15.9 Å². The Morgan fingerprint density at radius 3 is 2.50 bits per heavy atom. The molecule has 0 bridgehead atoms. The number of hydrogen-bond acceptors (Lipinski definition) is 5. The molecule has 92 valence electrons. The van der Waals surface area contributed by atoms with Crippen molar-refractivity contribution < 1.29 is 5.11 Å². The third-order valence-corrected chi connectivity index (χ3v) is 2.79. The van der Waals surface area contributed by atoms with E-state index in [9.17, 15) is 19.6 Å². The molecule has 18 heavy (non-hydrogen) atoms. The van der Waals surface area contributed by atoms with Crippen LogP contribution in [-0.4, -0.2) is 10.1 Å². The Kier molecular flexibility index (Phi) is 3.06. The summed E-state index contributed by atoms with van der Waals surface area (Å²) in [6.07, 6.45) is 0. The molecule has 0 radical (unpaired) electrons. The first kappa shape index (κ1) is 12.5. The summed E-state index contributed by atoms with van der Waals surface area (Å²) in [7, 11) is 0. The van der Waals surface area contributed by atoms with Gasteiger partial charge in [-0.2, -0.15) is 0 Å². The lowest BCUT2D eigenvalue weighted by Gasteiger charge is -1.96. The Hall–Kier alpha value is -1.92. The van der Waals surface area contributed by atoms with Crippen molar-refractivity contribution >= 4 is 39.8 Å². The predicted octanol–water partition coefficient (Wildman–Crippen LogP) is 2.30. The van der Waals surface area contributed by atoms with Crippen LogP contribution in [0.15, 0.2) is 26.9 Å². The first-order valence-electron chi connectivity index (χ1n) is 4.57. The lowest BCUT2D eigenvalue weighted by Crippen LogP contribution is -2.01. The molecule has 0 unspecified atom stereocenters. The average molecular weight is 287 g/mol. The fourth-order valence-corrected chi connectivity index (χ4v) is 2.08. The fraction of sp³-hybridized carbons (Fsp3) is 0. The van der Waals surface area contributed by atoms with Crippen LogP contribution in [0.5, 0.6) is 5.75 Å². The Bertz CT molecular complexity index is 785. The third kappa shape index (κ3) is 1.85. The molecule has 0 fully saturated rings. The van der Waals surface area contributed by atoms with Crippen LogP contribution in [0.3, 0.4) is 0 Å². The Balaban J connectivity index is 3.23. The van der Waals surface area contributed by atoms with Crippen LogP contribution in [-0.2, 0) is 0 Å². The van der Waals surface area contributed by atoms with Gasteiger partial charge in [0.15, 0.2) is 5.75 Å². The van der Waals surface area contributed by atoms with Gasteiger partial charge in [-0.1, -0.05) is 23.2 Å². The lowest BCUT2D eigenvalue weighted by molar-refractivity contribution is 0.472. The van der Waals surface area contributed by atoms with Crippen molar-refractivity contribution in [3.8, 4) is 5.75 Å². The number of H-pyrrole nitrogens is 1. The lowest BCUT2D eigenvalue weighted by atomic mass is 10.2. The van der Waals surface area contributed by atoms with Gasteiger partial charge in [0.1, 0.15) is 0 Å². The van der Waals surface area contributed by atoms with Crippen LogP contribution in [0.25, 0.3) is 10.9 Å². The SMILES string of the molecule is O=Nc1c(O)c(=O)c2c(Cl)cc(Cl)cc2[nH]c1=O. The van der Waals surface area contributed by atoms with Crippen LogP contribution in [0, 0.1) is 4.91 Å². The standard InChI is InChI=1S/C10H4Cl2N2O4/c11-3-1-4(12)6-5(2-3)13-10(17)7(14-18)9(16)8(6)15/h1-2H,(H,13,17)(H,15,16). The number of nitrogens with one attached hydrogen (secondary N) is 1. The van der Waals surface area contributed by atoms with Crippen molar-refractivity contribution in [1.29, 1.82) is 0 Å². The van der Waals surface area contributed by atoms with Gasteiger partial charge >= 0.3 is 0 Å². The molecule has 0 spiro atoms. The summed E-state index contributed by atoms with van der Waals surface area (Å²) in [6, 6.07) is 2.55. The van der Waals surface area contributed by atoms with E-state index in [0.717, 1.165) is 0 Å². The number of rotatable bonds is 1. The molecule has 0 saturated heterocycles. The molecule has 8 heteroatoms. The second kappa shape index (κ2) is 4.40. The number of aromatic nitrogens is 1. The van der Waals surface area contributed by atoms with Crippen LogP contribution in [0.1, 0.15) is 0 Å². The zero-order valence-corrected chi connectivity index (χ0v) is 10.0. The van der Waals surface area contributed by atoms with Crippen molar-refractivity contribution in [3.05, 3.63) is 47.7 Å². The van der Waals surface area contributed by atoms with E-state index in [2.05, 4.69) is 10.2 Å². The molecular formula is C10H4Cl2N2O4. The van der Waals surface area contributed by atoms with Gasteiger partial charge in [0.25, 0.3) is 5.56 Å². The molecule has 1 aromatic heterocycles. The molecule has 0 aliphatic heterocycles. The van der Waals surface area contributed by atoms with Gasteiger partial charge in [-0.05, 0) is 17.3 Å². The summed E-state index contributed by atoms with van der Waals surface area (Å²) in [5, 5.41) is 11.8. The molecule has 1 heterocycles. The van der Waals surface area contributed by atoms with Crippen LogP contribution in [0.2, 0.25) is 10.0 Å². The van der Waals surface area contributed by atoms with Crippen molar-refractivity contribution in [2.45, 2.75) is 0 Å². The van der Waals surface area contributed by atoms with Crippen molar-refractivity contribution in [1.82, 2.24) is 4.98 Å². The summed E-state index contributed by atoms with van der Waals surface area (Å²) in [6.45, 7) is 0. The zero-order valence-electron chi connectivity index (χ0n) is 8.53. The number of nitrogens with zero attached hydrogens (tertiary/aromatic N) is 1. The monoisotopic (exact) mass is 286 g/mol. The molecule has 0 aliphatic carbocycles. The number of fused-ring (bicyclic) bond motifs is 1. The topological polar surface area (TPSA) is 99.6 Å². The number of hydrogen-bond donors (Lipinski definition) is 2. The van der Waals surface area contributed by atoms with E-state index in [1.807, 2.05) is 0 Å². The number of aromatic amines is 1. The van der Waals surface area contributed by atoms with Gasteiger partial charge in [0.2, 0.25) is 11.1 Å². The van der Waals surface area contributed by atoms with E-state index < -0.39 is 22.4 Å². The maximum absolute atomic E-state index is 11.9. The summed E-state index contributed by atoms with van der Waals surface area (Å²) >= 11 is 11.5. The van der Waals surface area contributed by atoms with E-state index in [1.54, 1.807) is 0 Å². The molecule has 2 rings (SSSR count). The van der Waals surface area contributed by atoms with Crippen molar-refractivity contribution in [3.63, 3.8) is 0 Å². The molecule has 1 aromatic carbocycles. The highest BCUT2D eigenvalue weighted by Gasteiger charge is 2.15. The molecule has 0 atom stereocenters. The first-order chi connectivity index (χ1) is 8.45. The average Bonchev–Trinajstić information content (AvgIpc) is 2.35. The van der Waals surface area contributed by atoms with Gasteiger partial charge in [-0.15, -0.1) is 4.91 Å². The zero-order chi connectivity index (χ0) is 13.4. The largest absolute Gasteiger partial charge is 0.502 e. The van der Waals surface area contributed by atoms with Crippen LogP contribution in [0.4, 0.5) is 5.69 Å². The number of halogens is 2. The summed E-state index contributed by atoms with van der Waals surface area (Å²) in [5.41, 5.74) is -2.87. The van der Waals surface area contributed by atoms with E-state index in [-0.39, 0.29) is 20.9 Å². The second-order valence-electron chi connectivity index (χ2n) is 3.38. The summed E-state index contributed by atoms with van der Waals surface area (Å²) in [5.74, 6) is -1.05. The smallest absolute Gasteiger partial charge is 0.281 e. The minimum Gasteiger partial charge on any atom is -0.502 e. The van der Waals surface area contributed by atoms with E-state index in [4.69, 9.17) is 23.2 Å². The number of aromatic hydroxyl groups is 1. The molecule has 6 nitrogen and oxygen atoms in total. The molecule has 0 saturated carbocycles. The Morgan fingerprint density at radius 1 is 1.22 bits per heavy atom. The van der Waals surface area contributed by atoms with Crippen molar-refractivity contribution in [2.75, 3.05) is 0 Å². The van der Waals surface area contributed by atoms with Crippen molar-refractivity contribution in [2.24, 2.45) is 5.18 Å². The molecule has 2 N–H and O–H groups in total. The highest BCUT2D eigenvalue weighted by Crippen LogP contribution is 2.26. The number of benzene rings is 1. The normalized spacial score (nSPS) is 10.6. The Labute approximate surface area is 109 Å². The highest BCUT2D eigenvalue weighted by molar-refractivity contribution is 6.38. The minimum atomic E-state index is -1.05. The highest BCUT2D eigenvalue weighted by atomic mass is 35.5. The van der Waals surface area contributed by atoms with Gasteiger partial charge in [-0.3, -0.25) is 9.59 Å². The summed E-state index contributed by atoms with van der Waals surface area (Å²) < 4.78 is 0.